The topological polar surface area (TPSA) is 32.3 Å². The fraction of sp³-hybridized carbons (Fsp3) is 0.235. The van der Waals surface area contributed by atoms with E-state index in [-0.39, 0.29) is 11.9 Å². The Labute approximate surface area is 120 Å². The highest BCUT2D eigenvalue weighted by Crippen LogP contribution is 2.16. The van der Waals surface area contributed by atoms with E-state index in [2.05, 4.69) is 22.3 Å². The Morgan fingerprint density at radius 1 is 1.00 bits per heavy atom. The number of nitrogens with one attached hydrogen (secondary N) is 1. The van der Waals surface area contributed by atoms with Gasteiger partial charge in [0.15, 0.2) is 0 Å². The van der Waals surface area contributed by atoms with Gasteiger partial charge in [-0.15, -0.1) is 0 Å². The minimum atomic E-state index is -0.0339. The normalized spacial score (nSPS) is 12.2. The van der Waals surface area contributed by atoms with E-state index in [1.807, 2.05) is 62.6 Å². The van der Waals surface area contributed by atoms with Crippen molar-refractivity contribution in [2.45, 2.75) is 6.04 Å². The highest BCUT2D eigenvalue weighted by Gasteiger charge is 2.15. The van der Waals surface area contributed by atoms with Crippen LogP contribution in [0.4, 0.5) is 0 Å². The molecule has 0 aliphatic heterocycles. The van der Waals surface area contributed by atoms with Crippen molar-refractivity contribution in [2.24, 2.45) is 0 Å². The van der Waals surface area contributed by atoms with Gasteiger partial charge < -0.3 is 10.2 Å². The summed E-state index contributed by atoms with van der Waals surface area (Å²) in [6.45, 7) is 0.588. The maximum Gasteiger partial charge on any atom is 0.251 e. The van der Waals surface area contributed by atoms with E-state index in [1.54, 1.807) is 0 Å². The van der Waals surface area contributed by atoms with Gasteiger partial charge in [-0.25, -0.2) is 0 Å². The third-order valence-corrected chi connectivity index (χ3v) is 3.30. The molecule has 2 aromatic rings. The van der Waals surface area contributed by atoms with Gasteiger partial charge in [0.25, 0.3) is 5.91 Å². The van der Waals surface area contributed by atoms with E-state index in [1.165, 1.54) is 5.56 Å². The number of benzene rings is 2. The van der Waals surface area contributed by atoms with Crippen LogP contribution in [0.1, 0.15) is 22.0 Å². The number of hydrogen-bond donors (Lipinski definition) is 1. The van der Waals surface area contributed by atoms with E-state index in [9.17, 15) is 4.79 Å². The lowest BCUT2D eigenvalue weighted by atomic mass is 10.1. The number of carbonyl (C=O) groups is 1. The summed E-state index contributed by atoms with van der Waals surface area (Å²) in [4.78, 5) is 14.2. The maximum atomic E-state index is 12.1. The summed E-state index contributed by atoms with van der Waals surface area (Å²) in [7, 11) is 4.04. The fourth-order valence-electron chi connectivity index (χ4n) is 2.15. The second kappa shape index (κ2) is 6.87. The molecule has 3 nitrogen and oxygen atoms in total. The van der Waals surface area contributed by atoms with Gasteiger partial charge in [0, 0.05) is 12.1 Å². The first-order valence-corrected chi connectivity index (χ1v) is 6.73. The molecule has 2 aromatic carbocycles. The number of carbonyl (C=O) groups excluding carboxylic acids is 1. The predicted molar refractivity (Wildman–Crippen MR) is 81.6 cm³/mol. The van der Waals surface area contributed by atoms with Crippen LogP contribution >= 0.6 is 0 Å². The second-order valence-electron chi connectivity index (χ2n) is 4.97. The van der Waals surface area contributed by atoms with Crippen molar-refractivity contribution in [3.05, 3.63) is 71.8 Å². The van der Waals surface area contributed by atoms with Gasteiger partial charge in [-0.1, -0.05) is 48.5 Å². The Hall–Kier alpha value is -2.13. The van der Waals surface area contributed by atoms with Crippen molar-refractivity contribution >= 4 is 5.91 Å². The molecule has 1 atom stereocenters. The van der Waals surface area contributed by atoms with Crippen molar-refractivity contribution in [3.8, 4) is 0 Å². The van der Waals surface area contributed by atoms with Crippen molar-refractivity contribution in [2.75, 3.05) is 20.6 Å². The van der Waals surface area contributed by atoms with E-state index in [0.29, 0.717) is 12.1 Å². The molecule has 104 valence electrons. The summed E-state index contributed by atoms with van der Waals surface area (Å²) in [6.07, 6.45) is 0. The molecule has 0 fully saturated rings. The van der Waals surface area contributed by atoms with Crippen LogP contribution in [0, 0.1) is 0 Å². The molecule has 1 unspecified atom stereocenters. The lowest BCUT2D eigenvalue weighted by molar-refractivity contribution is 0.0942. The molecule has 2 rings (SSSR count). The Balaban J connectivity index is 2.02. The molecule has 0 aliphatic rings. The molecule has 20 heavy (non-hydrogen) atoms. The Kier molecular flexibility index (Phi) is 4.91. The van der Waals surface area contributed by atoms with Gasteiger partial charge >= 0.3 is 0 Å². The van der Waals surface area contributed by atoms with Crippen molar-refractivity contribution in [1.82, 2.24) is 10.2 Å². The van der Waals surface area contributed by atoms with Gasteiger partial charge in [-0.2, -0.15) is 0 Å². The minimum Gasteiger partial charge on any atom is -0.350 e. The van der Waals surface area contributed by atoms with E-state index < -0.39 is 0 Å². The molecule has 0 aliphatic carbocycles. The van der Waals surface area contributed by atoms with Crippen LogP contribution in [0.15, 0.2) is 60.7 Å². The summed E-state index contributed by atoms with van der Waals surface area (Å²) in [5, 5.41) is 3.00. The average molecular weight is 268 g/mol. The van der Waals surface area contributed by atoms with Gasteiger partial charge in [-0.3, -0.25) is 4.79 Å². The van der Waals surface area contributed by atoms with Crippen molar-refractivity contribution in [1.29, 1.82) is 0 Å². The van der Waals surface area contributed by atoms with Crippen molar-refractivity contribution < 1.29 is 4.79 Å². The molecule has 3 heteroatoms. The summed E-state index contributed by atoms with van der Waals surface area (Å²) in [6, 6.07) is 19.7. The SMILES string of the molecule is CN(C)C(CNC(=O)c1ccccc1)c1ccccc1. The van der Waals surface area contributed by atoms with Crippen LogP contribution in [-0.2, 0) is 0 Å². The molecule has 0 saturated heterocycles. The molecular weight excluding hydrogens is 248 g/mol. The molecule has 0 bridgehead atoms. The van der Waals surface area contributed by atoms with Crippen LogP contribution in [0.5, 0.6) is 0 Å². The zero-order valence-electron chi connectivity index (χ0n) is 11.9. The standard InChI is InChI=1S/C17H20N2O/c1-19(2)16(14-9-5-3-6-10-14)13-18-17(20)15-11-7-4-8-12-15/h3-12,16H,13H2,1-2H3,(H,18,20). The third-order valence-electron chi connectivity index (χ3n) is 3.30. The fourth-order valence-corrected chi connectivity index (χ4v) is 2.15. The zero-order valence-corrected chi connectivity index (χ0v) is 11.9. The van der Waals surface area contributed by atoms with Crippen LogP contribution < -0.4 is 5.32 Å². The van der Waals surface area contributed by atoms with E-state index >= 15 is 0 Å². The first kappa shape index (κ1) is 14.3. The summed E-state index contributed by atoms with van der Waals surface area (Å²) in [5.74, 6) is -0.0339. The van der Waals surface area contributed by atoms with Gasteiger partial charge in [-0.05, 0) is 31.8 Å². The molecule has 0 heterocycles. The first-order valence-electron chi connectivity index (χ1n) is 6.73. The first-order chi connectivity index (χ1) is 9.68. The second-order valence-corrected chi connectivity index (χ2v) is 4.97. The largest absolute Gasteiger partial charge is 0.350 e. The summed E-state index contributed by atoms with van der Waals surface area (Å²) in [5.41, 5.74) is 1.89. The number of likely N-dealkylation sites (N-methyl/N-ethyl adjacent to an activating group) is 1. The average Bonchev–Trinajstić information content (AvgIpc) is 2.49. The highest BCUT2D eigenvalue weighted by molar-refractivity contribution is 5.94. The monoisotopic (exact) mass is 268 g/mol. The zero-order chi connectivity index (χ0) is 14.4. The molecule has 0 radical (unpaired) electrons. The highest BCUT2D eigenvalue weighted by atomic mass is 16.1. The molecule has 0 spiro atoms. The molecule has 1 N–H and O–H groups in total. The smallest absolute Gasteiger partial charge is 0.251 e. The maximum absolute atomic E-state index is 12.1. The predicted octanol–water partition coefficient (Wildman–Crippen LogP) is 2.72. The van der Waals surface area contributed by atoms with Crippen LogP contribution in [0.3, 0.4) is 0 Å². The van der Waals surface area contributed by atoms with E-state index in [4.69, 9.17) is 0 Å². The Morgan fingerprint density at radius 2 is 1.55 bits per heavy atom. The Morgan fingerprint density at radius 3 is 2.10 bits per heavy atom. The number of nitrogens with zero attached hydrogens (tertiary/aromatic N) is 1. The van der Waals surface area contributed by atoms with Gasteiger partial charge in [0.05, 0.1) is 6.04 Å². The lowest BCUT2D eigenvalue weighted by Crippen LogP contribution is -2.34. The lowest BCUT2D eigenvalue weighted by Gasteiger charge is -2.25. The van der Waals surface area contributed by atoms with Gasteiger partial charge in [0.2, 0.25) is 0 Å². The van der Waals surface area contributed by atoms with E-state index in [0.717, 1.165) is 0 Å². The van der Waals surface area contributed by atoms with Crippen LogP contribution in [0.25, 0.3) is 0 Å². The molecule has 1 amide bonds. The Bertz CT molecular complexity index is 537. The summed E-state index contributed by atoms with van der Waals surface area (Å²) < 4.78 is 0. The van der Waals surface area contributed by atoms with Crippen LogP contribution in [0.2, 0.25) is 0 Å². The minimum absolute atomic E-state index is 0.0339. The number of amides is 1. The third kappa shape index (κ3) is 3.68. The molecule has 0 aromatic heterocycles. The molecular formula is C17H20N2O. The van der Waals surface area contributed by atoms with Gasteiger partial charge in [0.1, 0.15) is 0 Å². The molecule has 0 saturated carbocycles. The van der Waals surface area contributed by atoms with Crippen molar-refractivity contribution in [3.63, 3.8) is 0 Å². The number of hydrogen-bond acceptors (Lipinski definition) is 2. The van der Waals surface area contributed by atoms with Crippen LogP contribution in [-0.4, -0.2) is 31.4 Å². The quantitative estimate of drug-likeness (QED) is 0.904. The number of rotatable bonds is 5. The summed E-state index contributed by atoms with van der Waals surface area (Å²) >= 11 is 0.